The molecule has 1 heterocycles. The van der Waals surface area contributed by atoms with E-state index in [1.54, 1.807) is 23.2 Å². The summed E-state index contributed by atoms with van der Waals surface area (Å²) >= 11 is 0. The van der Waals surface area contributed by atoms with Crippen LogP contribution in [0.15, 0.2) is 18.3 Å². The number of hydrogen-bond donors (Lipinski definition) is 1. The zero-order valence-corrected chi connectivity index (χ0v) is 11.0. The number of nitrogens with two attached hydrogens (primary N) is 1. The molecule has 1 amide bonds. The summed E-state index contributed by atoms with van der Waals surface area (Å²) in [7, 11) is 1.83. The Kier molecular flexibility index (Phi) is 4.23. The molecule has 0 bridgehead atoms. The van der Waals surface area contributed by atoms with Gasteiger partial charge < -0.3 is 10.6 Å². The van der Waals surface area contributed by atoms with Gasteiger partial charge in [0.15, 0.2) is 0 Å². The van der Waals surface area contributed by atoms with E-state index in [9.17, 15) is 4.79 Å². The first-order chi connectivity index (χ1) is 7.92. The highest BCUT2D eigenvalue weighted by molar-refractivity contribution is 5.94. The van der Waals surface area contributed by atoms with Gasteiger partial charge >= 0.3 is 0 Å². The molecular weight excluding hydrogens is 214 g/mol. The van der Waals surface area contributed by atoms with Crippen LogP contribution in [-0.2, 0) is 6.54 Å². The van der Waals surface area contributed by atoms with Gasteiger partial charge in [0.1, 0.15) is 0 Å². The normalized spacial score (nSPS) is 11.4. The summed E-state index contributed by atoms with van der Waals surface area (Å²) in [6.45, 7) is 6.52. The fourth-order valence-electron chi connectivity index (χ4n) is 1.43. The molecule has 0 aliphatic carbocycles. The van der Waals surface area contributed by atoms with Gasteiger partial charge in [-0.25, -0.2) is 0 Å². The van der Waals surface area contributed by atoms with Crippen molar-refractivity contribution in [3.63, 3.8) is 0 Å². The second kappa shape index (κ2) is 5.27. The SMILES string of the molecule is CCC(C)(C)N(C)C(=O)c1ccnc(CN)c1. The van der Waals surface area contributed by atoms with Crippen molar-refractivity contribution in [3.8, 4) is 0 Å². The van der Waals surface area contributed by atoms with Gasteiger partial charge in [0.05, 0.1) is 5.69 Å². The van der Waals surface area contributed by atoms with E-state index in [1.165, 1.54) is 0 Å². The number of aromatic nitrogens is 1. The highest BCUT2D eigenvalue weighted by Crippen LogP contribution is 2.19. The zero-order chi connectivity index (χ0) is 13.1. The monoisotopic (exact) mass is 235 g/mol. The molecule has 1 aromatic heterocycles. The van der Waals surface area contributed by atoms with Gasteiger partial charge in [-0.2, -0.15) is 0 Å². The van der Waals surface area contributed by atoms with E-state index in [1.807, 2.05) is 7.05 Å². The quantitative estimate of drug-likeness (QED) is 0.865. The van der Waals surface area contributed by atoms with Crippen LogP contribution in [0.5, 0.6) is 0 Å². The van der Waals surface area contributed by atoms with E-state index in [-0.39, 0.29) is 11.4 Å². The molecule has 0 aromatic carbocycles. The molecule has 4 nitrogen and oxygen atoms in total. The minimum atomic E-state index is -0.150. The van der Waals surface area contributed by atoms with Crippen LogP contribution in [0.2, 0.25) is 0 Å². The smallest absolute Gasteiger partial charge is 0.254 e. The van der Waals surface area contributed by atoms with E-state index in [0.717, 1.165) is 12.1 Å². The van der Waals surface area contributed by atoms with E-state index < -0.39 is 0 Å². The fraction of sp³-hybridized carbons (Fsp3) is 0.538. The Labute approximate surface area is 103 Å². The maximum atomic E-state index is 12.3. The van der Waals surface area contributed by atoms with E-state index >= 15 is 0 Å². The first-order valence-electron chi connectivity index (χ1n) is 5.85. The second-order valence-corrected chi connectivity index (χ2v) is 4.77. The predicted octanol–water partition coefficient (Wildman–Crippen LogP) is 1.80. The van der Waals surface area contributed by atoms with Crippen molar-refractivity contribution in [3.05, 3.63) is 29.6 Å². The number of pyridine rings is 1. The number of hydrogen-bond acceptors (Lipinski definition) is 3. The van der Waals surface area contributed by atoms with Crippen LogP contribution in [-0.4, -0.2) is 28.4 Å². The first kappa shape index (κ1) is 13.6. The molecule has 17 heavy (non-hydrogen) atoms. The lowest BCUT2D eigenvalue weighted by atomic mass is 9.99. The first-order valence-corrected chi connectivity index (χ1v) is 5.85. The molecule has 0 aliphatic heterocycles. The number of nitrogens with zero attached hydrogens (tertiary/aromatic N) is 2. The standard InChI is InChI=1S/C13H21N3O/c1-5-13(2,3)16(4)12(17)10-6-7-15-11(8-10)9-14/h6-8H,5,9,14H2,1-4H3. The van der Waals surface area contributed by atoms with Crippen molar-refractivity contribution in [1.29, 1.82) is 0 Å². The predicted molar refractivity (Wildman–Crippen MR) is 68.6 cm³/mol. The van der Waals surface area contributed by atoms with Crippen LogP contribution < -0.4 is 5.73 Å². The fourth-order valence-corrected chi connectivity index (χ4v) is 1.43. The van der Waals surface area contributed by atoms with Crippen molar-refractivity contribution < 1.29 is 4.79 Å². The Balaban J connectivity index is 2.96. The van der Waals surface area contributed by atoms with Gasteiger partial charge in [0.25, 0.3) is 5.91 Å². The summed E-state index contributed by atoms with van der Waals surface area (Å²) < 4.78 is 0. The maximum Gasteiger partial charge on any atom is 0.254 e. The molecule has 2 N–H and O–H groups in total. The minimum Gasteiger partial charge on any atom is -0.337 e. The molecule has 0 fully saturated rings. The van der Waals surface area contributed by atoms with Crippen molar-refractivity contribution in [2.45, 2.75) is 39.3 Å². The average molecular weight is 235 g/mol. The molecule has 1 rings (SSSR count). The Morgan fingerprint density at radius 3 is 2.71 bits per heavy atom. The lowest BCUT2D eigenvalue weighted by Crippen LogP contribution is -2.44. The van der Waals surface area contributed by atoms with Crippen LogP contribution >= 0.6 is 0 Å². The summed E-state index contributed by atoms with van der Waals surface area (Å²) in [4.78, 5) is 18.1. The van der Waals surface area contributed by atoms with E-state index in [0.29, 0.717) is 12.1 Å². The van der Waals surface area contributed by atoms with Gasteiger partial charge in [0.2, 0.25) is 0 Å². The molecule has 4 heteroatoms. The van der Waals surface area contributed by atoms with Gasteiger partial charge in [-0.15, -0.1) is 0 Å². The van der Waals surface area contributed by atoms with Crippen molar-refractivity contribution in [1.82, 2.24) is 9.88 Å². The third-order valence-electron chi connectivity index (χ3n) is 3.35. The van der Waals surface area contributed by atoms with Crippen LogP contribution in [0, 0.1) is 0 Å². The highest BCUT2D eigenvalue weighted by Gasteiger charge is 2.26. The Bertz CT molecular complexity index is 401. The molecule has 0 unspecified atom stereocenters. The number of amides is 1. The van der Waals surface area contributed by atoms with Gasteiger partial charge in [-0.05, 0) is 32.4 Å². The molecule has 0 aliphatic rings. The van der Waals surface area contributed by atoms with Crippen LogP contribution in [0.3, 0.4) is 0 Å². The third kappa shape index (κ3) is 3.03. The van der Waals surface area contributed by atoms with Crippen molar-refractivity contribution >= 4 is 5.91 Å². The third-order valence-corrected chi connectivity index (χ3v) is 3.35. The number of carbonyl (C=O) groups excluding carboxylic acids is 1. The summed E-state index contributed by atoms with van der Waals surface area (Å²) in [5, 5.41) is 0. The molecule has 0 radical (unpaired) electrons. The maximum absolute atomic E-state index is 12.3. The second-order valence-electron chi connectivity index (χ2n) is 4.77. The lowest BCUT2D eigenvalue weighted by molar-refractivity contribution is 0.0620. The Morgan fingerprint density at radius 1 is 1.53 bits per heavy atom. The van der Waals surface area contributed by atoms with Gasteiger partial charge in [0, 0.05) is 30.9 Å². The van der Waals surface area contributed by atoms with E-state index in [2.05, 4.69) is 25.8 Å². The summed E-state index contributed by atoms with van der Waals surface area (Å²) in [5.74, 6) is 0.00829. The van der Waals surface area contributed by atoms with Crippen molar-refractivity contribution in [2.75, 3.05) is 7.05 Å². The van der Waals surface area contributed by atoms with Gasteiger partial charge in [-0.3, -0.25) is 9.78 Å². The van der Waals surface area contributed by atoms with Crippen molar-refractivity contribution in [2.24, 2.45) is 5.73 Å². The number of rotatable bonds is 4. The lowest BCUT2D eigenvalue weighted by Gasteiger charge is -2.35. The summed E-state index contributed by atoms with van der Waals surface area (Å²) in [5.41, 5.74) is 6.75. The largest absolute Gasteiger partial charge is 0.337 e. The summed E-state index contributed by atoms with van der Waals surface area (Å²) in [6.07, 6.45) is 2.53. The van der Waals surface area contributed by atoms with Crippen LogP contribution in [0.25, 0.3) is 0 Å². The van der Waals surface area contributed by atoms with Crippen LogP contribution in [0.1, 0.15) is 43.2 Å². The number of carbonyl (C=O) groups is 1. The molecule has 0 saturated carbocycles. The molecule has 0 saturated heterocycles. The Hall–Kier alpha value is -1.42. The van der Waals surface area contributed by atoms with Gasteiger partial charge in [-0.1, -0.05) is 6.92 Å². The molecule has 1 aromatic rings. The molecule has 0 atom stereocenters. The van der Waals surface area contributed by atoms with E-state index in [4.69, 9.17) is 5.73 Å². The minimum absolute atomic E-state index is 0.00829. The summed E-state index contributed by atoms with van der Waals surface area (Å²) in [6, 6.07) is 3.48. The molecule has 94 valence electrons. The van der Waals surface area contributed by atoms with Crippen LogP contribution in [0.4, 0.5) is 0 Å². The highest BCUT2D eigenvalue weighted by atomic mass is 16.2. The molecular formula is C13H21N3O. The Morgan fingerprint density at radius 2 is 2.18 bits per heavy atom. The average Bonchev–Trinajstić information content (AvgIpc) is 2.37. The topological polar surface area (TPSA) is 59.2 Å². The zero-order valence-electron chi connectivity index (χ0n) is 11.0. The molecule has 0 spiro atoms.